The average Bonchev–Trinajstić information content (AvgIpc) is 3.22. The topological polar surface area (TPSA) is 74.1 Å². The highest BCUT2D eigenvalue weighted by molar-refractivity contribution is 6.30. The fraction of sp³-hybridized carbons (Fsp3) is 0.625. The molecular weight excluding hydrogens is 394 g/mol. The van der Waals surface area contributed by atoms with Gasteiger partial charge in [-0.3, -0.25) is 19.4 Å². The van der Waals surface area contributed by atoms with Crippen LogP contribution in [-0.4, -0.2) is 55.3 Å². The summed E-state index contributed by atoms with van der Waals surface area (Å²) in [5, 5.41) is 0. The highest BCUT2D eigenvalue weighted by atomic mass is 16.4. The van der Waals surface area contributed by atoms with Gasteiger partial charge in [-0.2, -0.15) is 0 Å². The molecule has 2 heterocycles. The van der Waals surface area contributed by atoms with E-state index >= 15 is 0 Å². The van der Waals surface area contributed by atoms with Crippen molar-refractivity contribution in [1.29, 1.82) is 0 Å². The lowest BCUT2D eigenvalue weighted by Gasteiger charge is -2.31. The van der Waals surface area contributed by atoms with E-state index in [4.69, 9.17) is 4.42 Å². The maximum Gasteiger partial charge on any atom is 0.333 e. The van der Waals surface area contributed by atoms with Gasteiger partial charge in [0.1, 0.15) is 11.3 Å². The lowest BCUT2D eigenvalue weighted by molar-refractivity contribution is -0.135. The monoisotopic (exact) mass is 431 g/mol. The van der Waals surface area contributed by atoms with Gasteiger partial charge in [-0.25, -0.2) is 4.79 Å². The zero-order chi connectivity index (χ0) is 22.8. The average molecular weight is 432 g/mol. The molecule has 0 saturated carbocycles. The molecule has 0 atom stereocenters. The second-order valence-electron chi connectivity index (χ2n) is 8.41. The third-order valence-corrected chi connectivity index (χ3v) is 5.60. The van der Waals surface area contributed by atoms with Gasteiger partial charge >= 0.3 is 6.03 Å². The van der Waals surface area contributed by atoms with Crippen LogP contribution in [0.4, 0.5) is 10.7 Å². The third-order valence-electron chi connectivity index (χ3n) is 5.60. The molecule has 7 nitrogen and oxygen atoms in total. The van der Waals surface area contributed by atoms with Crippen LogP contribution in [0.15, 0.2) is 22.1 Å². The summed E-state index contributed by atoms with van der Waals surface area (Å²) in [6, 6.07) is 2.91. The molecule has 0 radical (unpaired) electrons. The first kappa shape index (κ1) is 24.7. The molecule has 1 aromatic rings. The van der Waals surface area contributed by atoms with Crippen LogP contribution in [0.3, 0.4) is 0 Å². The van der Waals surface area contributed by atoms with Crippen LogP contribution < -0.4 is 4.90 Å². The highest BCUT2D eigenvalue weighted by Crippen LogP contribution is 2.23. The first-order chi connectivity index (χ1) is 14.9. The quantitative estimate of drug-likeness (QED) is 0.248. The molecule has 0 spiro atoms. The second kappa shape index (κ2) is 12.3. The Kier molecular flexibility index (Phi) is 9.82. The first-order valence-corrected chi connectivity index (χ1v) is 11.5. The highest BCUT2D eigenvalue weighted by Gasteiger charge is 2.39. The number of amides is 4. The predicted octanol–water partition coefficient (Wildman–Crippen LogP) is 5.07. The standard InChI is InChI=1S/C24H37N3O4/c1-5-6-7-8-9-10-11-12-13-14-17-27-23(29)20(22(28)26(4)24(27)30)18-19-15-16-21(31-19)25(2)3/h15-16,18H,5-14,17H2,1-4H3/b20-18+. The van der Waals surface area contributed by atoms with Crippen LogP contribution >= 0.6 is 0 Å². The summed E-state index contributed by atoms with van der Waals surface area (Å²) in [4.78, 5) is 41.8. The van der Waals surface area contributed by atoms with E-state index in [-0.39, 0.29) is 5.57 Å². The third kappa shape index (κ3) is 6.97. The van der Waals surface area contributed by atoms with Gasteiger partial charge in [0.2, 0.25) is 0 Å². The molecule has 1 aliphatic rings. The molecule has 2 rings (SSSR count). The van der Waals surface area contributed by atoms with Gasteiger partial charge in [0.15, 0.2) is 5.88 Å². The minimum absolute atomic E-state index is 0.0474. The first-order valence-electron chi connectivity index (χ1n) is 11.5. The predicted molar refractivity (Wildman–Crippen MR) is 123 cm³/mol. The largest absolute Gasteiger partial charge is 0.441 e. The molecule has 0 N–H and O–H groups in total. The zero-order valence-corrected chi connectivity index (χ0v) is 19.5. The smallest absolute Gasteiger partial charge is 0.333 e. The van der Waals surface area contributed by atoms with Crippen molar-refractivity contribution in [2.75, 3.05) is 32.6 Å². The van der Waals surface area contributed by atoms with Crippen molar-refractivity contribution in [1.82, 2.24) is 9.80 Å². The molecule has 1 aliphatic heterocycles. The number of hydrogen-bond donors (Lipinski definition) is 0. The molecule has 1 saturated heterocycles. The Labute approximate surface area is 186 Å². The van der Waals surface area contributed by atoms with E-state index in [1.165, 1.54) is 63.0 Å². The molecule has 1 aromatic heterocycles. The second-order valence-corrected chi connectivity index (χ2v) is 8.41. The molecule has 0 aromatic carbocycles. The van der Waals surface area contributed by atoms with E-state index in [0.29, 0.717) is 18.2 Å². The molecule has 0 aliphatic carbocycles. The maximum atomic E-state index is 12.9. The minimum atomic E-state index is -0.600. The van der Waals surface area contributed by atoms with Gasteiger partial charge in [-0.15, -0.1) is 0 Å². The number of likely N-dealkylation sites (N-methyl/N-ethyl adjacent to an activating group) is 1. The number of urea groups is 1. The van der Waals surface area contributed by atoms with E-state index in [9.17, 15) is 14.4 Å². The number of anilines is 1. The summed E-state index contributed by atoms with van der Waals surface area (Å²) in [5.74, 6) is -0.125. The van der Waals surface area contributed by atoms with Gasteiger partial charge in [-0.05, 0) is 18.6 Å². The number of carbonyl (C=O) groups is 3. The fourth-order valence-electron chi connectivity index (χ4n) is 3.65. The number of imide groups is 2. The summed E-state index contributed by atoms with van der Waals surface area (Å²) < 4.78 is 5.63. The van der Waals surface area contributed by atoms with Crippen LogP contribution in [0.25, 0.3) is 6.08 Å². The summed E-state index contributed by atoms with van der Waals surface area (Å²) in [5.41, 5.74) is -0.0474. The Balaban J connectivity index is 1.87. The van der Waals surface area contributed by atoms with Crippen LogP contribution in [0.2, 0.25) is 0 Å². The number of hydrogen-bond acceptors (Lipinski definition) is 5. The van der Waals surface area contributed by atoms with Crippen LogP contribution in [0.5, 0.6) is 0 Å². The Morgan fingerprint density at radius 1 is 0.871 bits per heavy atom. The molecule has 31 heavy (non-hydrogen) atoms. The van der Waals surface area contributed by atoms with Crippen molar-refractivity contribution >= 4 is 29.8 Å². The van der Waals surface area contributed by atoms with E-state index in [2.05, 4.69) is 6.92 Å². The molecule has 0 unspecified atom stereocenters. The SMILES string of the molecule is CCCCCCCCCCCCN1C(=O)/C(=C/c2ccc(N(C)C)o2)C(=O)N(C)C1=O. The molecule has 172 valence electrons. The Hall–Kier alpha value is -2.57. The van der Waals surface area contributed by atoms with Crippen molar-refractivity contribution in [2.24, 2.45) is 0 Å². The summed E-state index contributed by atoms with van der Waals surface area (Å²) in [6.45, 7) is 2.55. The molecule has 0 bridgehead atoms. The summed E-state index contributed by atoms with van der Waals surface area (Å²) in [7, 11) is 5.09. The van der Waals surface area contributed by atoms with Crippen molar-refractivity contribution in [3.05, 3.63) is 23.5 Å². The van der Waals surface area contributed by atoms with Crippen LogP contribution in [-0.2, 0) is 9.59 Å². The van der Waals surface area contributed by atoms with Crippen molar-refractivity contribution in [2.45, 2.75) is 71.1 Å². The van der Waals surface area contributed by atoms with E-state index in [1.807, 2.05) is 14.1 Å². The summed E-state index contributed by atoms with van der Waals surface area (Å²) in [6.07, 6.45) is 13.2. The van der Waals surface area contributed by atoms with E-state index in [1.54, 1.807) is 17.0 Å². The van der Waals surface area contributed by atoms with Gasteiger partial charge in [0.05, 0.1) is 0 Å². The van der Waals surface area contributed by atoms with Gasteiger partial charge in [0.25, 0.3) is 11.8 Å². The Bertz CT molecular complexity index is 782. The van der Waals surface area contributed by atoms with Crippen molar-refractivity contribution in [3.8, 4) is 0 Å². The van der Waals surface area contributed by atoms with Crippen LogP contribution in [0, 0.1) is 0 Å². The number of unbranched alkanes of at least 4 members (excludes halogenated alkanes) is 9. The number of nitrogens with zero attached hydrogens (tertiary/aromatic N) is 3. The van der Waals surface area contributed by atoms with Crippen molar-refractivity contribution < 1.29 is 18.8 Å². The molecule has 4 amide bonds. The number of carbonyl (C=O) groups excluding carboxylic acids is 3. The number of rotatable bonds is 13. The van der Waals surface area contributed by atoms with Crippen LogP contribution in [0.1, 0.15) is 76.9 Å². The normalized spacial score (nSPS) is 16.0. The maximum absolute atomic E-state index is 12.9. The molecular formula is C24H37N3O4. The number of barbiturate groups is 1. The Morgan fingerprint density at radius 2 is 1.45 bits per heavy atom. The van der Waals surface area contributed by atoms with Gasteiger partial charge < -0.3 is 9.32 Å². The lowest BCUT2D eigenvalue weighted by Crippen LogP contribution is -2.54. The van der Waals surface area contributed by atoms with Crippen molar-refractivity contribution in [3.63, 3.8) is 0 Å². The molecule has 1 fully saturated rings. The van der Waals surface area contributed by atoms with E-state index < -0.39 is 17.8 Å². The summed E-state index contributed by atoms with van der Waals surface area (Å²) >= 11 is 0. The minimum Gasteiger partial charge on any atom is -0.441 e. The molecule has 7 heteroatoms. The zero-order valence-electron chi connectivity index (χ0n) is 19.5. The Morgan fingerprint density at radius 3 is 2.00 bits per heavy atom. The van der Waals surface area contributed by atoms with Gasteiger partial charge in [0, 0.05) is 33.8 Å². The van der Waals surface area contributed by atoms with E-state index in [0.717, 1.165) is 24.2 Å². The number of furan rings is 1. The lowest BCUT2D eigenvalue weighted by atomic mass is 10.1. The van der Waals surface area contributed by atoms with Gasteiger partial charge in [-0.1, -0.05) is 64.7 Å². The fourth-order valence-corrected chi connectivity index (χ4v) is 3.65.